The molecule has 2 aromatic rings. The van der Waals surface area contributed by atoms with Gasteiger partial charge in [-0.25, -0.2) is 8.42 Å². The molecule has 0 heterocycles. The Bertz CT molecular complexity index is 1020. The van der Waals surface area contributed by atoms with Crippen LogP contribution in [0.4, 0.5) is 5.69 Å². The minimum absolute atomic E-state index is 0.154. The van der Waals surface area contributed by atoms with E-state index in [2.05, 4.69) is 5.32 Å². The molecular weight excluding hydrogens is 440 g/mol. The number of amides is 1. The third-order valence-electron chi connectivity index (χ3n) is 5.43. The van der Waals surface area contributed by atoms with Crippen LogP contribution in [0.3, 0.4) is 0 Å². The van der Waals surface area contributed by atoms with Gasteiger partial charge in [-0.05, 0) is 42.5 Å². The van der Waals surface area contributed by atoms with E-state index in [1.165, 1.54) is 17.4 Å². The number of carbonyl (C=O) groups is 2. The number of hydrogen-bond donors (Lipinski definition) is 2. The van der Waals surface area contributed by atoms with Crippen molar-refractivity contribution < 1.29 is 23.1 Å². The molecule has 2 aromatic carbocycles. The largest absolute Gasteiger partial charge is 0.391 e. The number of anilines is 1. The van der Waals surface area contributed by atoms with Crippen molar-refractivity contribution in [3.05, 3.63) is 65.7 Å². The summed E-state index contributed by atoms with van der Waals surface area (Å²) in [5.41, 5.74) is 1.33. The van der Waals surface area contributed by atoms with Crippen LogP contribution in [0, 0.1) is 11.8 Å². The van der Waals surface area contributed by atoms with Gasteiger partial charge in [0.15, 0.2) is 0 Å². The van der Waals surface area contributed by atoms with Crippen molar-refractivity contribution in [2.24, 2.45) is 11.8 Å². The predicted molar refractivity (Wildman–Crippen MR) is 130 cm³/mol. The molecule has 0 aliphatic carbocycles. The second-order valence-corrected chi connectivity index (χ2v) is 10.9. The smallest absolute Gasteiger partial charge is 0.251 e. The molecule has 2 N–H and O–H groups in total. The summed E-state index contributed by atoms with van der Waals surface area (Å²) in [6, 6.07) is 14.7. The number of sulfonamides is 1. The highest BCUT2D eigenvalue weighted by molar-refractivity contribution is 7.92. The van der Waals surface area contributed by atoms with Crippen molar-refractivity contribution in [1.82, 2.24) is 5.32 Å². The van der Waals surface area contributed by atoms with Crippen LogP contribution in [0.15, 0.2) is 54.6 Å². The number of benzene rings is 2. The lowest BCUT2D eigenvalue weighted by Crippen LogP contribution is -2.45. The van der Waals surface area contributed by atoms with E-state index in [9.17, 15) is 23.1 Å². The van der Waals surface area contributed by atoms with E-state index in [1.807, 2.05) is 19.9 Å². The number of aliphatic hydroxyl groups excluding tert-OH is 1. The van der Waals surface area contributed by atoms with Gasteiger partial charge in [0, 0.05) is 18.5 Å². The molecule has 2 rings (SSSR count). The highest BCUT2D eigenvalue weighted by Crippen LogP contribution is 2.21. The lowest BCUT2D eigenvalue weighted by Gasteiger charge is -2.27. The van der Waals surface area contributed by atoms with Crippen molar-refractivity contribution in [3.63, 3.8) is 0 Å². The molecule has 0 saturated heterocycles. The summed E-state index contributed by atoms with van der Waals surface area (Å²) in [6.45, 7) is 5.70. The zero-order valence-electron chi connectivity index (χ0n) is 19.6. The van der Waals surface area contributed by atoms with E-state index in [0.29, 0.717) is 23.2 Å². The van der Waals surface area contributed by atoms with Gasteiger partial charge in [-0.2, -0.15) is 0 Å². The molecule has 33 heavy (non-hydrogen) atoms. The third-order valence-corrected chi connectivity index (χ3v) is 7.18. The summed E-state index contributed by atoms with van der Waals surface area (Å²) in [4.78, 5) is 23.9. The van der Waals surface area contributed by atoms with Crippen molar-refractivity contribution in [3.8, 4) is 0 Å². The number of hydrogen-bond acceptors (Lipinski definition) is 5. The molecule has 0 bridgehead atoms. The Labute approximate surface area is 196 Å². The first-order chi connectivity index (χ1) is 15.5. The van der Waals surface area contributed by atoms with E-state index in [4.69, 9.17) is 0 Å². The average Bonchev–Trinajstić information content (AvgIpc) is 2.78. The van der Waals surface area contributed by atoms with Gasteiger partial charge in [-0.1, -0.05) is 57.2 Å². The summed E-state index contributed by atoms with van der Waals surface area (Å²) in [5.74, 6) is -0.664. The Balaban J connectivity index is 2.18. The molecule has 0 radical (unpaired) electrons. The third kappa shape index (κ3) is 7.98. The van der Waals surface area contributed by atoms with Crippen molar-refractivity contribution in [2.45, 2.75) is 51.5 Å². The summed E-state index contributed by atoms with van der Waals surface area (Å²) < 4.78 is 26.9. The fraction of sp³-hybridized carbons (Fsp3) is 0.440. The lowest BCUT2D eigenvalue weighted by molar-refractivity contribution is -0.111. The first kappa shape index (κ1) is 26.5. The van der Waals surface area contributed by atoms with Crippen LogP contribution in [0.25, 0.3) is 0 Å². The van der Waals surface area contributed by atoms with E-state index < -0.39 is 28.1 Å². The van der Waals surface area contributed by atoms with Crippen LogP contribution in [-0.2, 0) is 20.6 Å². The number of nitrogens with one attached hydrogen (secondary N) is 1. The van der Waals surface area contributed by atoms with Crippen LogP contribution in [-0.4, -0.2) is 44.9 Å². The molecule has 1 amide bonds. The molecule has 0 saturated carbocycles. The van der Waals surface area contributed by atoms with Crippen LogP contribution >= 0.6 is 0 Å². The molecule has 3 unspecified atom stereocenters. The normalized spacial score (nSPS) is 14.4. The minimum atomic E-state index is -3.65. The Morgan fingerprint density at radius 2 is 1.73 bits per heavy atom. The van der Waals surface area contributed by atoms with Crippen LogP contribution in [0.2, 0.25) is 0 Å². The van der Waals surface area contributed by atoms with Gasteiger partial charge in [0.25, 0.3) is 5.91 Å². The fourth-order valence-electron chi connectivity index (χ4n) is 3.56. The molecule has 3 atom stereocenters. The lowest BCUT2D eigenvalue weighted by atomic mass is 9.93. The average molecular weight is 475 g/mol. The minimum Gasteiger partial charge on any atom is -0.391 e. The molecule has 0 aromatic heterocycles. The van der Waals surface area contributed by atoms with E-state index in [1.54, 1.807) is 49.4 Å². The van der Waals surface area contributed by atoms with E-state index in [-0.39, 0.29) is 24.0 Å². The summed E-state index contributed by atoms with van der Waals surface area (Å²) in [6.07, 6.45) is 0.714. The van der Waals surface area contributed by atoms with Crippen molar-refractivity contribution in [2.75, 3.05) is 11.4 Å². The summed E-state index contributed by atoms with van der Waals surface area (Å²) in [5, 5.41) is 13.4. The van der Waals surface area contributed by atoms with Crippen LogP contribution in [0.5, 0.6) is 0 Å². The van der Waals surface area contributed by atoms with Gasteiger partial charge in [0.05, 0.1) is 23.6 Å². The Morgan fingerprint density at radius 1 is 1.06 bits per heavy atom. The van der Waals surface area contributed by atoms with Gasteiger partial charge in [-0.3, -0.25) is 9.10 Å². The second-order valence-electron chi connectivity index (χ2n) is 8.89. The molecule has 180 valence electrons. The highest BCUT2D eigenvalue weighted by atomic mass is 32.2. The molecule has 8 heteroatoms. The maximum absolute atomic E-state index is 13.0. The van der Waals surface area contributed by atoms with Gasteiger partial charge in [0.2, 0.25) is 10.0 Å². The maximum atomic E-state index is 13.0. The molecule has 0 fully saturated rings. The van der Waals surface area contributed by atoms with Gasteiger partial charge in [-0.15, -0.1) is 0 Å². The van der Waals surface area contributed by atoms with E-state index in [0.717, 1.165) is 6.29 Å². The Hall–Kier alpha value is -2.71. The zero-order valence-corrected chi connectivity index (χ0v) is 20.5. The number of nitrogens with zero attached hydrogens (tertiary/aromatic N) is 1. The number of rotatable bonds is 12. The number of carbonyl (C=O) groups excluding carboxylic acids is 2. The van der Waals surface area contributed by atoms with Gasteiger partial charge >= 0.3 is 0 Å². The molecule has 0 aliphatic rings. The van der Waals surface area contributed by atoms with Crippen LogP contribution in [0.1, 0.15) is 49.5 Å². The standard InChI is InChI=1S/C25H34N2O5S/c1-18(2)13-23(24(29)14-19(3)16-28)26-25(30)21-11-8-12-22(15-21)27(4)33(31,32)17-20-9-6-5-7-10-20/h5-12,15-16,18-19,23-24,29H,13-14,17H2,1-4H3,(H,26,30). The molecule has 0 spiro atoms. The first-order valence-electron chi connectivity index (χ1n) is 11.1. The summed E-state index contributed by atoms with van der Waals surface area (Å²) in [7, 11) is -2.19. The molecular formula is C25H34N2O5S. The monoisotopic (exact) mass is 474 g/mol. The molecule has 7 nitrogen and oxygen atoms in total. The number of aliphatic hydroxyl groups is 1. The summed E-state index contributed by atoms with van der Waals surface area (Å²) >= 11 is 0. The van der Waals surface area contributed by atoms with E-state index >= 15 is 0 Å². The highest BCUT2D eigenvalue weighted by Gasteiger charge is 2.25. The first-order valence-corrected chi connectivity index (χ1v) is 12.7. The maximum Gasteiger partial charge on any atom is 0.251 e. The van der Waals surface area contributed by atoms with Crippen molar-refractivity contribution in [1.29, 1.82) is 0 Å². The number of aldehydes is 1. The predicted octanol–water partition coefficient (Wildman–Crippen LogP) is 3.38. The topological polar surface area (TPSA) is 104 Å². The SMILES string of the molecule is CC(C)CC(NC(=O)c1cccc(N(C)S(=O)(=O)Cc2ccccc2)c1)C(O)CC(C)C=O. The fourth-order valence-corrected chi connectivity index (χ4v) is 4.80. The molecule has 0 aliphatic heterocycles. The van der Waals surface area contributed by atoms with Crippen molar-refractivity contribution >= 4 is 27.9 Å². The Kier molecular flexibility index (Phi) is 9.61. The van der Waals surface area contributed by atoms with Gasteiger partial charge < -0.3 is 15.2 Å². The van der Waals surface area contributed by atoms with Gasteiger partial charge in [0.1, 0.15) is 6.29 Å². The quantitative estimate of drug-likeness (QED) is 0.459. The zero-order chi connectivity index (χ0) is 24.6. The Morgan fingerprint density at radius 3 is 2.33 bits per heavy atom. The second kappa shape index (κ2) is 12.0. The van der Waals surface area contributed by atoms with Crippen LogP contribution < -0.4 is 9.62 Å².